The largest absolute Gasteiger partial charge is 0.392 e. The lowest BCUT2D eigenvalue weighted by Crippen LogP contribution is -2.18. The highest BCUT2D eigenvalue weighted by Gasteiger charge is 2.43. The second-order valence-electron chi connectivity index (χ2n) is 9.44. The van der Waals surface area contributed by atoms with Crippen molar-refractivity contribution in [3.8, 4) is 0 Å². The number of fused-ring (bicyclic) bond motifs is 1. The van der Waals surface area contributed by atoms with Crippen molar-refractivity contribution in [1.82, 2.24) is 5.32 Å². The summed E-state index contributed by atoms with van der Waals surface area (Å²) < 4.78 is 0. The molecule has 0 radical (unpaired) electrons. The third kappa shape index (κ3) is 6.80. The predicted molar refractivity (Wildman–Crippen MR) is 125 cm³/mol. The molecule has 0 saturated heterocycles. The first kappa shape index (κ1) is 23.2. The Morgan fingerprint density at radius 1 is 1.20 bits per heavy atom. The van der Waals surface area contributed by atoms with E-state index in [-0.39, 0.29) is 12.0 Å². The fourth-order valence-electron chi connectivity index (χ4n) is 5.28. The highest BCUT2D eigenvalue weighted by atomic mass is 16.3. The fourth-order valence-corrected chi connectivity index (χ4v) is 5.28. The first-order valence-electron chi connectivity index (χ1n) is 12.1. The Kier molecular flexibility index (Phi) is 9.17. The molecule has 3 rings (SSSR count). The summed E-state index contributed by atoms with van der Waals surface area (Å²) in [5.41, 5.74) is 3.98. The third-order valence-electron chi connectivity index (χ3n) is 6.81. The molecule has 0 heterocycles. The number of benzene rings is 1. The first-order chi connectivity index (χ1) is 14.6. The van der Waals surface area contributed by atoms with E-state index in [1.807, 2.05) is 12.1 Å². The first-order valence-corrected chi connectivity index (χ1v) is 12.1. The number of nitrogens with one attached hydrogen (secondary N) is 1. The molecule has 1 aromatic carbocycles. The van der Waals surface area contributed by atoms with Crippen molar-refractivity contribution < 1.29 is 10.2 Å². The standard InChI is InChI=1S/C27H41NO2/c1-3-13-28-14-6-4-5-9-22-16-23-19-27(30)25(26(23)18-22)12-11-24(29)17-21-10-7-8-20(2)15-21/h7-8,10-12,15-16,23-30H,3-6,9,13-14,17-19H2,1-2H3/b12-11+/t23-,24+,25+,26-,27+/m0/s1. The molecule has 30 heavy (non-hydrogen) atoms. The Balaban J connectivity index is 1.42. The van der Waals surface area contributed by atoms with Gasteiger partial charge in [0.1, 0.15) is 0 Å². The maximum Gasteiger partial charge on any atom is 0.0761 e. The van der Waals surface area contributed by atoms with Gasteiger partial charge in [0.2, 0.25) is 0 Å². The molecule has 0 bridgehead atoms. The molecule has 3 N–H and O–H groups in total. The Labute approximate surface area is 183 Å². The van der Waals surface area contributed by atoms with Crippen molar-refractivity contribution >= 4 is 0 Å². The highest BCUT2D eigenvalue weighted by Crippen LogP contribution is 2.48. The lowest BCUT2D eigenvalue weighted by atomic mass is 9.88. The van der Waals surface area contributed by atoms with E-state index in [0.717, 1.165) is 31.5 Å². The number of allylic oxidation sites excluding steroid dienone is 2. The summed E-state index contributed by atoms with van der Waals surface area (Å²) in [6.45, 7) is 6.56. The minimum absolute atomic E-state index is 0.175. The predicted octanol–water partition coefficient (Wildman–Crippen LogP) is 4.96. The smallest absolute Gasteiger partial charge is 0.0761 e. The van der Waals surface area contributed by atoms with E-state index in [4.69, 9.17) is 0 Å². The number of unbranched alkanes of at least 4 members (excludes halogenated alkanes) is 2. The molecule has 2 aliphatic carbocycles. The quantitative estimate of drug-likeness (QED) is 0.337. The van der Waals surface area contributed by atoms with Gasteiger partial charge in [-0.3, -0.25) is 0 Å². The maximum atomic E-state index is 10.6. The Morgan fingerprint density at radius 3 is 2.87 bits per heavy atom. The van der Waals surface area contributed by atoms with Crippen molar-refractivity contribution in [2.45, 2.75) is 77.4 Å². The lowest BCUT2D eigenvalue weighted by molar-refractivity contribution is 0.140. The average Bonchev–Trinajstić information content (AvgIpc) is 3.22. The maximum absolute atomic E-state index is 10.6. The van der Waals surface area contributed by atoms with Crippen LogP contribution in [0.3, 0.4) is 0 Å². The van der Waals surface area contributed by atoms with E-state index in [0.29, 0.717) is 18.3 Å². The summed E-state index contributed by atoms with van der Waals surface area (Å²) in [5.74, 6) is 1.21. The zero-order valence-electron chi connectivity index (χ0n) is 18.9. The van der Waals surface area contributed by atoms with E-state index in [1.54, 1.807) is 5.57 Å². The van der Waals surface area contributed by atoms with Crippen LogP contribution in [0, 0.1) is 24.7 Å². The number of aliphatic hydroxyl groups is 2. The van der Waals surface area contributed by atoms with Crippen LogP contribution in [0.25, 0.3) is 0 Å². The number of rotatable bonds is 12. The van der Waals surface area contributed by atoms with Crippen LogP contribution in [0.5, 0.6) is 0 Å². The molecule has 0 unspecified atom stereocenters. The molecule has 0 aromatic heterocycles. The molecule has 3 heteroatoms. The van der Waals surface area contributed by atoms with Gasteiger partial charge in [0, 0.05) is 12.3 Å². The van der Waals surface area contributed by atoms with Crippen LogP contribution in [0.2, 0.25) is 0 Å². The molecule has 0 amide bonds. The van der Waals surface area contributed by atoms with Gasteiger partial charge >= 0.3 is 0 Å². The van der Waals surface area contributed by atoms with Gasteiger partial charge in [-0.05, 0) is 75.9 Å². The van der Waals surface area contributed by atoms with Gasteiger partial charge in [0.05, 0.1) is 12.2 Å². The van der Waals surface area contributed by atoms with Crippen LogP contribution in [0.4, 0.5) is 0 Å². The molecular formula is C27H41NO2. The van der Waals surface area contributed by atoms with Gasteiger partial charge in [0.15, 0.2) is 0 Å². The summed E-state index contributed by atoms with van der Waals surface area (Å²) >= 11 is 0. The second-order valence-corrected chi connectivity index (χ2v) is 9.44. The Morgan fingerprint density at radius 2 is 2.07 bits per heavy atom. The van der Waals surface area contributed by atoms with E-state index in [9.17, 15) is 10.2 Å². The van der Waals surface area contributed by atoms with Crippen molar-refractivity contribution in [3.05, 3.63) is 59.2 Å². The van der Waals surface area contributed by atoms with Crippen LogP contribution in [-0.2, 0) is 6.42 Å². The van der Waals surface area contributed by atoms with Crippen LogP contribution < -0.4 is 5.32 Å². The zero-order valence-corrected chi connectivity index (χ0v) is 18.9. The van der Waals surface area contributed by atoms with Gasteiger partial charge in [-0.15, -0.1) is 0 Å². The minimum Gasteiger partial charge on any atom is -0.392 e. The van der Waals surface area contributed by atoms with Gasteiger partial charge in [-0.25, -0.2) is 0 Å². The molecule has 0 aliphatic heterocycles. The molecule has 1 saturated carbocycles. The number of aryl methyl sites for hydroxylation is 1. The molecule has 5 atom stereocenters. The second kappa shape index (κ2) is 11.8. The van der Waals surface area contributed by atoms with Gasteiger partial charge in [0.25, 0.3) is 0 Å². The number of hydrogen-bond acceptors (Lipinski definition) is 3. The molecule has 2 aliphatic rings. The normalized spacial score (nSPS) is 26.9. The summed E-state index contributed by atoms with van der Waals surface area (Å²) in [5, 5.41) is 24.5. The topological polar surface area (TPSA) is 52.5 Å². The zero-order chi connectivity index (χ0) is 21.3. The highest BCUT2D eigenvalue weighted by molar-refractivity contribution is 5.24. The lowest BCUT2D eigenvalue weighted by Gasteiger charge is -2.19. The van der Waals surface area contributed by atoms with Gasteiger partial charge < -0.3 is 15.5 Å². The van der Waals surface area contributed by atoms with Crippen LogP contribution in [0.1, 0.15) is 63.0 Å². The monoisotopic (exact) mass is 411 g/mol. The summed E-state index contributed by atoms with van der Waals surface area (Å²) in [4.78, 5) is 0. The molecule has 1 fully saturated rings. The Bertz CT molecular complexity index is 711. The molecule has 166 valence electrons. The van der Waals surface area contributed by atoms with Crippen LogP contribution in [0.15, 0.2) is 48.1 Å². The SMILES string of the molecule is CCCNCCCCCC1=C[C@H]2C[C@@H](O)[C@H](/C=C/[C@@H](O)Cc3cccc(C)c3)[C@H]2C1. The van der Waals surface area contributed by atoms with Gasteiger partial charge in [-0.2, -0.15) is 0 Å². The Hall–Kier alpha value is -1.42. The third-order valence-corrected chi connectivity index (χ3v) is 6.81. The van der Waals surface area contributed by atoms with E-state index >= 15 is 0 Å². The molecular weight excluding hydrogens is 370 g/mol. The van der Waals surface area contributed by atoms with E-state index in [2.05, 4.69) is 49.5 Å². The number of aliphatic hydroxyl groups excluding tert-OH is 2. The summed E-state index contributed by atoms with van der Waals surface area (Å²) in [6.07, 6.45) is 14.6. The van der Waals surface area contributed by atoms with E-state index in [1.165, 1.54) is 37.7 Å². The minimum atomic E-state index is -0.492. The average molecular weight is 412 g/mol. The fraction of sp³-hybridized carbons (Fsp3) is 0.630. The summed E-state index contributed by atoms with van der Waals surface area (Å²) in [6, 6.07) is 8.32. The van der Waals surface area contributed by atoms with Crippen LogP contribution >= 0.6 is 0 Å². The van der Waals surface area contributed by atoms with Crippen molar-refractivity contribution in [1.29, 1.82) is 0 Å². The summed E-state index contributed by atoms with van der Waals surface area (Å²) in [7, 11) is 0. The molecule has 3 nitrogen and oxygen atoms in total. The van der Waals surface area contributed by atoms with Crippen molar-refractivity contribution in [2.75, 3.05) is 13.1 Å². The number of hydrogen-bond donors (Lipinski definition) is 3. The van der Waals surface area contributed by atoms with Gasteiger partial charge in [-0.1, -0.05) is 67.0 Å². The molecule has 0 spiro atoms. The molecule has 1 aromatic rings. The van der Waals surface area contributed by atoms with Crippen LogP contribution in [-0.4, -0.2) is 35.5 Å². The van der Waals surface area contributed by atoms with Crippen molar-refractivity contribution in [2.24, 2.45) is 17.8 Å². The van der Waals surface area contributed by atoms with E-state index < -0.39 is 6.10 Å². The van der Waals surface area contributed by atoms with Crippen molar-refractivity contribution in [3.63, 3.8) is 0 Å².